The molecule has 0 saturated carbocycles. The summed E-state index contributed by atoms with van der Waals surface area (Å²) in [5.74, 6) is -0.273. The van der Waals surface area contributed by atoms with Crippen LogP contribution in [0.15, 0.2) is 30.6 Å². The van der Waals surface area contributed by atoms with Crippen molar-refractivity contribution in [3.05, 3.63) is 53.1 Å². The van der Waals surface area contributed by atoms with Gasteiger partial charge in [0.1, 0.15) is 5.82 Å². The summed E-state index contributed by atoms with van der Waals surface area (Å²) in [7, 11) is 0. The maximum Gasteiger partial charge on any atom is 0.123 e. The molecule has 1 atom stereocenters. The van der Waals surface area contributed by atoms with Gasteiger partial charge in [-0.3, -0.25) is 4.68 Å². The molecule has 0 spiro atoms. The lowest BCUT2D eigenvalue weighted by molar-refractivity contribution is 0.178. The second kappa shape index (κ2) is 5.53. The van der Waals surface area contributed by atoms with E-state index in [2.05, 4.69) is 5.10 Å². The van der Waals surface area contributed by atoms with Gasteiger partial charge in [-0.2, -0.15) is 5.10 Å². The summed E-state index contributed by atoms with van der Waals surface area (Å²) in [5, 5.41) is 14.4. The Labute approximate surface area is 112 Å². The Balaban J connectivity index is 2.15. The van der Waals surface area contributed by atoms with Crippen molar-refractivity contribution in [2.75, 3.05) is 0 Å². The SMILES string of the molecule is Cc1ccc(F)cc1CC(O)c1cnn(C(C)C)c1. The topological polar surface area (TPSA) is 38.1 Å². The second-order valence-electron chi connectivity index (χ2n) is 5.14. The fourth-order valence-corrected chi connectivity index (χ4v) is 1.99. The molecule has 0 radical (unpaired) electrons. The van der Waals surface area contributed by atoms with Crippen LogP contribution in [-0.2, 0) is 6.42 Å². The molecular formula is C15H19FN2O. The van der Waals surface area contributed by atoms with Crippen LogP contribution in [-0.4, -0.2) is 14.9 Å². The third-order valence-corrected chi connectivity index (χ3v) is 3.26. The average Bonchev–Trinajstić information content (AvgIpc) is 2.83. The molecule has 0 aliphatic heterocycles. The molecule has 2 rings (SSSR count). The van der Waals surface area contributed by atoms with Gasteiger partial charge in [0.25, 0.3) is 0 Å². The number of aromatic nitrogens is 2. The molecule has 4 heteroatoms. The maximum absolute atomic E-state index is 13.2. The van der Waals surface area contributed by atoms with Crippen molar-refractivity contribution in [2.24, 2.45) is 0 Å². The smallest absolute Gasteiger partial charge is 0.123 e. The Hall–Kier alpha value is -1.68. The quantitative estimate of drug-likeness (QED) is 0.919. The summed E-state index contributed by atoms with van der Waals surface area (Å²) in [5.41, 5.74) is 2.57. The molecule has 0 aliphatic rings. The molecule has 1 unspecified atom stereocenters. The monoisotopic (exact) mass is 262 g/mol. The van der Waals surface area contributed by atoms with Gasteiger partial charge < -0.3 is 5.11 Å². The number of aliphatic hydroxyl groups is 1. The number of benzene rings is 1. The second-order valence-corrected chi connectivity index (χ2v) is 5.14. The summed E-state index contributed by atoms with van der Waals surface area (Å²) in [6.07, 6.45) is 3.24. The van der Waals surface area contributed by atoms with Crippen molar-refractivity contribution < 1.29 is 9.50 Å². The summed E-state index contributed by atoms with van der Waals surface area (Å²) >= 11 is 0. The molecule has 0 bridgehead atoms. The molecule has 19 heavy (non-hydrogen) atoms. The standard InChI is InChI=1S/C15H19FN2O/c1-10(2)18-9-13(8-17-18)15(19)7-12-6-14(16)5-4-11(12)3/h4-6,8-10,15,19H,7H2,1-3H3. The van der Waals surface area contributed by atoms with Crippen molar-refractivity contribution in [3.8, 4) is 0 Å². The third kappa shape index (κ3) is 3.20. The van der Waals surface area contributed by atoms with E-state index in [9.17, 15) is 9.50 Å². The largest absolute Gasteiger partial charge is 0.388 e. The van der Waals surface area contributed by atoms with Gasteiger partial charge in [-0.05, 0) is 44.0 Å². The van der Waals surface area contributed by atoms with Crippen LogP contribution in [0, 0.1) is 12.7 Å². The first-order chi connectivity index (χ1) is 8.97. The highest BCUT2D eigenvalue weighted by Gasteiger charge is 2.13. The van der Waals surface area contributed by atoms with E-state index in [0.717, 1.165) is 16.7 Å². The van der Waals surface area contributed by atoms with Crippen LogP contribution in [0.5, 0.6) is 0 Å². The van der Waals surface area contributed by atoms with Gasteiger partial charge in [-0.15, -0.1) is 0 Å². The van der Waals surface area contributed by atoms with Crippen LogP contribution < -0.4 is 0 Å². The Kier molecular flexibility index (Phi) is 4.00. The highest BCUT2D eigenvalue weighted by Crippen LogP contribution is 2.21. The molecule has 0 aliphatic carbocycles. The molecule has 1 aromatic carbocycles. The predicted octanol–water partition coefficient (Wildman–Crippen LogP) is 3.19. The van der Waals surface area contributed by atoms with E-state index in [4.69, 9.17) is 0 Å². The van der Waals surface area contributed by atoms with Gasteiger partial charge in [-0.1, -0.05) is 6.07 Å². The Morgan fingerprint density at radius 1 is 1.37 bits per heavy atom. The summed E-state index contributed by atoms with van der Waals surface area (Å²) in [4.78, 5) is 0. The summed E-state index contributed by atoms with van der Waals surface area (Å²) < 4.78 is 15.0. The normalized spacial score (nSPS) is 12.9. The number of halogens is 1. The molecule has 1 aromatic heterocycles. The van der Waals surface area contributed by atoms with Crippen molar-refractivity contribution in [2.45, 2.75) is 39.3 Å². The van der Waals surface area contributed by atoms with E-state index >= 15 is 0 Å². The van der Waals surface area contributed by atoms with Crippen LogP contribution >= 0.6 is 0 Å². The Bertz CT molecular complexity index is 563. The minimum atomic E-state index is -0.659. The van der Waals surface area contributed by atoms with E-state index in [1.807, 2.05) is 27.0 Å². The van der Waals surface area contributed by atoms with Crippen molar-refractivity contribution in [1.82, 2.24) is 9.78 Å². The number of hydrogen-bond donors (Lipinski definition) is 1. The lowest BCUT2D eigenvalue weighted by Crippen LogP contribution is -2.04. The Morgan fingerprint density at radius 2 is 2.11 bits per heavy atom. The molecular weight excluding hydrogens is 243 g/mol. The van der Waals surface area contributed by atoms with Gasteiger partial charge in [-0.25, -0.2) is 4.39 Å². The van der Waals surface area contributed by atoms with E-state index in [0.29, 0.717) is 6.42 Å². The third-order valence-electron chi connectivity index (χ3n) is 3.26. The van der Waals surface area contributed by atoms with Crippen LogP contribution in [0.4, 0.5) is 4.39 Å². The molecule has 1 heterocycles. The van der Waals surface area contributed by atoms with E-state index in [-0.39, 0.29) is 11.9 Å². The predicted molar refractivity (Wildman–Crippen MR) is 72.4 cm³/mol. The number of aliphatic hydroxyl groups excluding tert-OH is 1. The minimum absolute atomic E-state index is 0.261. The van der Waals surface area contributed by atoms with E-state index < -0.39 is 6.10 Å². The first-order valence-corrected chi connectivity index (χ1v) is 6.44. The lowest BCUT2D eigenvalue weighted by atomic mass is 10.00. The van der Waals surface area contributed by atoms with Gasteiger partial charge in [0, 0.05) is 24.2 Å². The van der Waals surface area contributed by atoms with Gasteiger partial charge >= 0.3 is 0 Å². The van der Waals surface area contributed by atoms with Gasteiger partial charge in [0.05, 0.1) is 12.3 Å². The van der Waals surface area contributed by atoms with Gasteiger partial charge in [0.2, 0.25) is 0 Å². The van der Waals surface area contributed by atoms with Crippen LogP contribution in [0.2, 0.25) is 0 Å². The summed E-state index contributed by atoms with van der Waals surface area (Å²) in [6, 6.07) is 4.90. The zero-order valence-electron chi connectivity index (χ0n) is 11.5. The molecule has 0 amide bonds. The number of aryl methyl sites for hydroxylation is 1. The zero-order valence-corrected chi connectivity index (χ0v) is 11.5. The zero-order chi connectivity index (χ0) is 14.0. The van der Waals surface area contributed by atoms with Crippen molar-refractivity contribution >= 4 is 0 Å². The number of hydrogen-bond acceptors (Lipinski definition) is 2. The first kappa shape index (κ1) is 13.7. The molecule has 0 saturated heterocycles. The highest BCUT2D eigenvalue weighted by atomic mass is 19.1. The molecule has 102 valence electrons. The fourth-order valence-electron chi connectivity index (χ4n) is 1.99. The van der Waals surface area contributed by atoms with Crippen LogP contribution in [0.25, 0.3) is 0 Å². The highest BCUT2D eigenvalue weighted by molar-refractivity contribution is 5.28. The molecule has 1 N–H and O–H groups in total. The Morgan fingerprint density at radius 3 is 2.74 bits per heavy atom. The van der Waals surface area contributed by atoms with Crippen LogP contribution in [0.1, 0.15) is 42.7 Å². The molecule has 0 fully saturated rings. The number of rotatable bonds is 4. The average molecular weight is 262 g/mol. The van der Waals surface area contributed by atoms with Crippen molar-refractivity contribution in [1.29, 1.82) is 0 Å². The fraction of sp³-hybridized carbons (Fsp3) is 0.400. The van der Waals surface area contributed by atoms with Crippen LogP contribution in [0.3, 0.4) is 0 Å². The summed E-state index contributed by atoms with van der Waals surface area (Å²) in [6.45, 7) is 5.97. The number of nitrogens with zero attached hydrogens (tertiary/aromatic N) is 2. The first-order valence-electron chi connectivity index (χ1n) is 6.44. The van der Waals surface area contributed by atoms with Gasteiger partial charge in [0.15, 0.2) is 0 Å². The lowest BCUT2D eigenvalue weighted by Gasteiger charge is -2.11. The minimum Gasteiger partial charge on any atom is -0.388 e. The molecule has 2 aromatic rings. The van der Waals surface area contributed by atoms with E-state index in [1.165, 1.54) is 12.1 Å². The van der Waals surface area contributed by atoms with E-state index in [1.54, 1.807) is 16.9 Å². The molecule has 3 nitrogen and oxygen atoms in total. The maximum atomic E-state index is 13.2. The van der Waals surface area contributed by atoms with Crippen molar-refractivity contribution in [3.63, 3.8) is 0 Å².